The standard InChI is InChI=1S/C56H108N4O8/c1-8-15-21-24-31-50(28-18-11-4)54(62)66-47-43-59(39-36-57-34-37-58(38-35-57)42-46-65-53(61)27-14-7)40-41-60(44-48-67-55(63)51(29-19-12-5)32-25-22-16-9-2)45-49-68-56(64)52(30-20-13-6)33-26-23-17-10-3/h50-52H,8-49H2,1-7H3. The Morgan fingerprint density at radius 2 is 0.706 bits per heavy atom. The number of hydrogen-bond acceptors (Lipinski definition) is 12. The molecule has 0 aromatic rings. The van der Waals surface area contributed by atoms with E-state index in [0.29, 0.717) is 59.0 Å². The third kappa shape index (κ3) is 33.3. The Balaban J connectivity index is 3.13. The molecule has 400 valence electrons. The molecule has 12 heteroatoms. The van der Waals surface area contributed by atoms with Gasteiger partial charge in [-0.05, 0) is 44.9 Å². The van der Waals surface area contributed by atoms with E-state index in [1.807, 2.05) is 6.92 Å². The predicted octanol–water partition coefficient (Wildman–Crippen LogP) is 11.5. The first-order chi connectivity index (χ1) is 33.1. The number of nitrogens with zero attached hydrogens (tertiary/aromatic N) is 4. The van der Waals surface area contributed by atoms with Crippen LogP contribution in [0.1, 0.15) is 215 Å². The molecule has 0 saturated carbocycles. The second-order valence-electron chi connectivity index (χ2n) is 19.9. The molecule has 0 aromatic carbocycles. The zero-order valence-electron chi connectivity index (χ0n) is 45.5. The molecule has 1 fully saturated rings. The fourth-order valence-corrected chi connectivity index (χ4v) is 9.16. The largest absolute Gasteiger partial charge is 0.464 e. The van der Waals surface area contributed by atoms with Crippen LogP contribution < -0.4 is 0 Å². The third-order valence-electron chi connectivity index (χ3n) is 13.9. The number of ether oxygens (including phenoxy) is 4. The minimum Gasteiger partial charge on any atom is -0.464 e. The SMILES string of the molecule is CCCCCCC(CCCC)C(=O)OCCN(CCOC(=O)C(CCCC)CCCCCC)CCN(CCOC(=O)C(CCCC)CCCCCC)CCN1CCN(CCOC(=O)CCC)CC1. The topological polar surface area (TPSA) is 118 Å². The predicted molar refractivity (Wildman–Crippen MR) is 280 cm³/mol. The molecule has 68 heavy (non-hydrogen) atoms. The van der Waals surface area contributed by atoms with Crippen LogP contribution >= 0.6 is 0 Å². The van der Waals surface area contributed by atoms with E-state index in [-0.39, 0.29) is 41.6 Å². The van der Waals surface area contributed by atoms with E-state index in [9.17, 15) is 19.2 Å². The highest BCUT2D eigenvalue weighted by Crippen LogP contribution is 2.22. The minimum absolute atomic E-state index is 0.0385. The van der Waals surface area contributed by atoms with Crippen molar-refractivity contribution in [3.8, 4) is 0 Å². The Morgan fingerprint density at radius 3 is 1.06 bits per heavy atom. The van der Waals surface area contributed by atoms with Crippen molar-refractivity contribution in [1.82, 2.24) is 19.6 Å². The number of carbonyl (C=O) groups excluding carboxylic acids is 4. The lowest BCUT2D eigenvalue weighted by Crippen LogP contribution is -2.50. The summed E-state index contributed by atoms with van der Waals surface area (Å²) in [4.78, 5) is 61.9. The third-order valence-corrected chi connectivity index (χ3v) is 13.9. The summed E-state index contributed by atoms with van der Waals surface area (Å²) in [6.45, 7) is 26.0. The molecule has 0 aliphatic carbocycles. The Kier molecular flexibility index (Phi) is 41.8. The van der Waals surface area contributed by atoms with Crippen molar-refractivity contribution in [3.05, 3.63) is 0 Å². The molecule has 1 aliphatic heterocycles. The van der Waals surface area contributed by atoms with Gasteiger partial charge in [0.15, 0.2) is 0 Å². The fourth-order valence-electron chi connectivity index (χ4n) is 9.16. The maximum Gasteiger partial charge on any atom is 0.308 e. The molecule has 0 radical (unpaired) electrons. The van der Waals surface area contributed by atoms with Gasteiger partial charge in [0.1, 0.15) is 26.4 Å². The van der Waals surface area contributed by atoms with E-state index in [2.05, 4.69) is 61.1 Å². The first kappa shape index (κ1) is 63.7. The number of hydrogen-bond donors (Lipinski definition) is 0. The molecule has 1 heterocycles. The van der Waals surface area contributed by atoms with Crippen LogP contribution in [0.3, 0.4) is 0 Å². The van der Waals surface area contributed by atoms with Crippen LogP contribution in [-0.2, 0) is 38.1 Å². The average Bonchev–Trinajstić information content (AvgIpc) is 3.34. The van der Waals surface area contributed by atoms with Gasteiger partial charge in [0.05, 0.1) is 17.8 Å². The van der Waals surface area contributed by atoms with Gasteiger partial charge in [0.25, 0.3) is 0 Å². The molecule has 0 spiro atoms. The summed E-state index contributed by atoms with van der Waals surface area (Å²) in [6.07, 6.45) is 26.6. The van der Waals surface area contributed by atoms with Crippen LogP contribution in [0, 0.1) is 17.8 Å². The molecule has 1 saturated heterocycles. The number of piperazine rings is 1. The Hall–Kier alpha value is -2.28. The maximum atomic E-state index is 13.5. The van der Waals surface area contributed by atoms with Gasteiger partial charge in [-0.2, -0.15) is 0 Å². The summed E-state index contributed by atoms with van der Waals surface area (Å²) in [5, 5.41) is 0. The first-order valence-electron chi connectivity index (χ1n) is 28.7. The van der Waals surface area contributed by atoms with Gasteiger partial charge < -0.3 is 18.9 Å². The molecule has 3 atom stereocenters. The second kappa shape index (κ2) is 44.6. The number of carbonyl (C=O) groups is 4. The lowest BCUT2D eigenvalue weighted by Gasteiger charge is -2.36. The highest BCUT2D eigenvalue weighted by Gasteiger charge is 2.24. The van der Waals surface area contributed by atoms with Crippen molar-refractivity contribution in [3.63, 3.8) is 0 Å². The van der Waals surface area contributed by atoms with Crippen molar-refractivity contribution in [2.24, 2.45) is 17.8 Å². The maximum absolute atomic E-state index is 13.5. The van der Waals surface area contributed by atoms with E-state index in [0.717, 1.165) is 174 Å². The van der Waals surface area contributed by atoms with E-state index in [1.54, 1.807) is 0 Å². The summed E-state index contributed by atoms with van der Waals surface area (Å²) in [5.41, 5.74) is 0. The summed E-state index contributed by atoms with van der Waals surface area (Å²) >= 11 is 0. The lowest BCUT2D eigenvalue weighted by atomic mass is 9.95. The van der Waals surface area contributed by atoms with Gasteiger partial charge in [0, 0.05) is 85.0 Å². The van der Waals surface area contributed by atoms with E-state index < -0.39 is 0 Å². The zero-order valence-corrected chi connectivity index (χ0v) is 45.5. The summed E-state index contributed by atoms with van der Waals surface area (Å²) in [5.74, 6) is -0.474. The molecular weight excluding hydrogens is 857 g/mol. The number of unbranched alkanes of at least 4 members (excludes halogenated alkanes) is 12. The van der Waals surface area contributed by atoms with Gasteiger partial charge in [-0.15, -0.1) is 0 Å². The van der Waals surface area contributed by atoms with Crippen LogP contribution in [0.5, 0.6) is 0 Å². The van der Waals surface area contributed by atoms with Crippen molar-refractivity contribution in [2.75, 3.05) is 105 Å². The number of rotatable bonds is 47. The van der Waals surface area contributed by atoms with Crippen LogP contribution in [0.2, 0.25) is 0 Å². The fraction of sp³-hybridized carbons (Fsp3) is 0.929. The zero-order chi connectivity index (χ0) is 49.9. The molecule has 0 N–H and O–H groups in total. The monoisotopic (exact) mass is 965 g/mol. The van der Waals surface area contributed by atoms with Crippen molar-refractivity contribution >= 4 is 23.9 Å². The number of esters is 4. The van der Waals surface area contributed by atoms with Gasteiger partial charge in [0.2, 0.25) is 0 Å². The van der Waals surface area contributed by atoms with E-state index >= 15 is 0 Å². The van der Waals surface area contributed by atoms with E-state index in [4.69, 9.17) is 18.9 Å². The molecule has 1 rings (SSSR count). The van der Waals surface area contributed by atoms with Crippen molar-refractivity contribution in [2.45, 2.75) is 215 Å². The molecule has 12 nitrogen and oxygen atoms in total. The molecule has 3 unspecified atom stereocenters. The average molecular weight is 965 g/mol. The van der Waals surface area contributed by atoms with Crippen LogP contribution in [0.15, 0.2) is 0 Å². The van der Waals surface area contributed by atoms with Crippen molar-refractivity contribution in [1.29, 1.82) is 0 Å². The van der Waals surface area contributed by atoms with Gasteiger partial charge >= 0.3 is 23.9 Å². The Labute approximate surface area is 418 Å². The Morgan fingerprint density at radius 1 is 0.368 bits per heavy atom. The molecule has 1 aliphatic rings. The summed E-state index contributed by atoms with van der Waals surface area (Å²) in [7, 11) is 0. The van der Waals surface area contributed by atoms with Gasteiger partial charge in [-0.1, -0.05) is 164 Å². The molecule has 0 aromatic heterocycles. The molecular formula is C56H108N4O8. The van der Waals surface area contributed by atoms with Gasteiger partial charge in [-0.3, -0.25) is 38.8 Å². The second-order valence-corrected chi connectivity index (χ2v) is 19.9. The minimum atomic E-state index is -0.116. The Bertz CT molecular complexity index is 1180. The van der Waals surface area contributed by atoms with E-state index in [1.165, 1.54) is 38.5 Å². The van der Waals surface area contributed by atoms with Crippen LogP contribution in [0.4, 0.5) is 0 Å². The summed E-state index contributed by atoms with van der Waals surface area (Å²) < 4.78 is 23.6. The molecule has 0 bridgehead atoms. The first-order valence-corrected chi connectivity index (χ1v) is 28.7. The highest BCUT2D eigenvalue weighted by atomic mass is 16.5. The normalized spacial score (nSPS) is 14.8. The lowest BCUT2D eigenvalue weighted by molar-refractivity contribution is -0.151. The van der Waals surface area contributed by atoms with Crippen LogP contribution in [0.25, 0.3) is 0 Å². The highest BCUT2D eigenvalue weighted by molar-refractivity contribution is 5.73. The van der Waals surface area contributed by atoms with Crippen LogP contribution in [-0.4, -0.2) is 148 Å². The smallest absolute Gasteiger partial charge is 0.308 e. The molecule has 0 amide bonds. The van der Waals surface area contributed by atoms with Gasteiger partial charge in [-0.25, -0.2) is 0 Å². The van der Waals surface area contributed by atoms with Crippen molar-refractivity contribution < 1.29 is 38.1 Å². The quantitative estimate of drug-likeness (QED) is 0.0328. The summed E-state index contributed by atoms with van der Waals surface area (Å²) in [6, 6.07) is 0.